The van der Waals surface area contributed by atoms with Crippen LogP contribution in [-0.4, -0.2) is 20.2 Å². The maximum Gasteiger partial charge on any atom is 0.185 e. The van der Waals surface area contributed by atoms with Crippen molar-refractivity contribution in [1.82, 2.24) is 20.2 Å². The number of rotatable bonds is 1. The molecule has 0 amide bonds. The molecular weight excluding hydrogens is 352 g/mol. The SMILES string of the molecule is Cc1c(=O)ccc2c1oc1c(-c3ccc4ncccc4c3)c3c[nH][nH]c3nc12. The van der Waals surface area contributed by atoms with E-state index in [1.165, 1.54) is 0 Å². The molecule has 0 unspecified atom stereocenters. The molecule has 0 radical (unpaired) electrons. The van der Waals surface area contributed by atoms with Crippen LogP contribution in [0.3, 0.4) is 0 Å². The van der Waals surface area contributed by atoms with Gasteiger partial charge in [-0.25, -0.2) is 4.98 Å². The number of aromatic amines is 2. The van der Waals surface area contributed by atoms with Gasteiger partial charge in [-0.1, -0.05) is 12.1 Å². The molecule has 2 N–H and O–H groups in total. The van der Waals surface area contributed by atoms with Crippen molar-refractivity contribution in [3.05, 3.63) is 70.6 Å². The van der Waals surface area contributed by atoms with Gasteiger partial charge < -0.3 is 9.52 Å². The molecule has 0 saturated heterocycles. The van der Waals surface area contributed by atoms with Gasteiger partial charge in [-0.05, 0) is 42.8 Å². The quantitative estimate of drug-likeness (QED) is 0.442. The summed E-state index contributed by atoms with van der Waals surface area (Å²) in [5, 5.41) is 8.93. The van der Waals surface area contributed by atoms with Crippen LogP contribution in [0.4, 0.5) is 0 Å². The number of aryl methyl sites for hydroxylation is 1. The molecule has 2 aromatic carbocycles. The van der Waals surface area contributed by atoms with Crippen LogP contribution in [-0.2, 0) is 0 Å². The highest BCUT2D eigenvalue weighted by Crippen LogP contribution is 2.39. The van der Waals surface area contributed by atoms with Gasteiger partial charge in [-0.15, -0.1) is 0 Å². The number of benzene rings is 2. The Labute approximate surface area is 157 Å². The van der Waals surface area contributed by atoms with E-state index >= 15 is 0 Å². The summed E-state index contributed by atoms with van der Waals surface area (Å²) in [6, 6.07) is 13.5. The van der Waals surface area contributed by atoms with Crippen molar-refractivity contribution in [3.8, 4) is 11.1 Å². The van der Waals surface area contributed by atoms with Crippen molar-refractivity contribution in [2.45, 2.75) is 6.92 Å². The van der Waals surface area contributed by atoms with Crippen molar-refractivity contribution in [2.75, 3.05) is 0 Å². The van der Waals surface area contributed by atoms with E-state index in [1.54, 1.807) is 25.3 Å². The second-order valence-corrected chi connectivity index (χ2v) is 6.92. The minimum Gasteiger partial charge on any atom is -0.453 e. The fourth-order valence-corrected chi connectivity index (χ4v) is 3.89. The van der Waals surface area contributed by atoms with Gasteiger partial charge in [0.2, 0.25) is 0 Å². The summed E-state index contributed by atoms with van der Waals surface area (Å²) in [5.74, 6) is 0. The number of hydrogen-bond donors (Lipinski definition) is 2. The third-order valence-corrected chi connectivity index (χ3v) is 5.30. The topological polar surface area (TPSA) is 87.6 Å². The summed E-state index contributed by atoms with van der Waals surface area (Å²) in [7, 11) is 0. The van der Waals surface area contributed by atoms with Crippen LogP contribution in [0.2, 0.25) is 0 Å². The van der Waals surface area contributed by atoms with Gasteiger partial charge in [-0.2, -0.15) is 0 Å². The summed E-state index contributed by atoms with van der Waals surface area (Å²) >= 11 is 0. The zero-order valence-electron chi connectivity index (χ0n) is 14.9. The second-order valence-electron chi connectivity index (χ2n) is 6.92. The monoisotopic (exact) mass is 366 g/mol. The third kappa shape index (κ3) is 1.94. The minimum absolute atomic E-state index is 0.0382. The van der Waals surface area contributed by atoms with Crippen LogP contribution in [0.1, 0.15) is 5.56 Å². The number of hydrogen-bond acceptors (Lipinski definition) is 4. The molecular formula is C22H14N4O2. The minimum atomic E-state index is -0.0382. The van der Waals surface area contributed by atoms with E-state index in [9.17, 15) is 4.79 Å². The van der Waals surface area contributed by atoms with E-state index in [-0.39, 0.29) is 5.43 Å². The predicted molar refractivity (Wildman–Crippen MR) is 109 cm³/mol. The van der Waals surface area contributed by atoms with Gasteiger partial charge in [0.15, 0.2) is 16.7 Å². The van der Waals surface area contributed by atoms with Gasteiger partial charge in [-0.3, -0.25) is 14.9 Å². The van der Waals surface area contributed by atoms with Crippen LogP contribution in [0.15, 0.2) is 64.1 Å². The van der Waals surface area contributed by atoms with E-state index in [4.69, 9.17) is 9.40 Å². The molecule has 28 heavy (non-hydrogen) atoms. The lowest BCUT2D eigenvalue weighted by Gasteiger charge is -2.06. The largest absolute Gasteiger partial charge is 0.453 e. The molecule has 6 heteroatoms. The van der Waals surface area contributed by atoms with E-state index in [1.807, 2.05) is 30.5 Å². The molecule has 4 heterocycles. The first kappa shape index (κ1) is 15.2. The summed E-state index contributed by atoms with van der Waals surface area (Å²) in [4.78, 5) is 21.3. The van der Waals surface area contributed by atoms with Crippen molar-refractivity contribution in [3.63, 3.8) is 0 Å². The lowest BCUT2D eigenvalue weighted by molar-refractivity contribution is 0.666. The van der Waals surface area contributed by atoms with E-state index in [0.717, 1.165) is 44.0 Å². The molecule has 0 spiro atoms. The second kappa shape index (κ2) is 5.29. The molecule has 0 fully saturated rings. The first-order chi connectivity index (χ1) is 13.7. The highest BCUT2D eigenvalue weighted by molar-refractivity contribution is 6.15. The number of aromatic nitrogens is 4. The zero-order chi connectivity index (χ0) is 18.8. The average Bonchev–Trinajstić information content (AvgIpc) is 3.33. The normalized spacial score (nSPS) is 11.9. The van der Waals surface area contributed by atoms with Crippen LogP contribution in [0.5, 0.6) is 0 Å². The Kier molecular flexibility index (Phi) is 2.87. The van der Waals surface area contributed by atoms with Crippen LogP contribution < -0.4 is 5.43 Å². The van der Waals surface area contributed by atoms with Crippen molar-refractivity contribution in [2.24, 2.45) is 0 Å². The van der Waals surface area contributed by atoms with Crippen LogP contribution in [0.25, 0.3) is 55.1 Å². The summed E-state index contributed by atoms with van der Waals surface area (Å²) in [5.41, 5.74) is 6.18. The predicted octanol–water partition coefficient (Wildman–Crippen LogP) is 4.67. The molecule has 6 nitrogen and oxygen atoms in total. The highest BCUT2D eigenvalue weighted by Gasteiger charge is 2.20. The average molecular weight is 366 g/mol. The number of fused-ring (bicyclic) bond motifs is 5. The van der Waals surface area contributed by atoms with Gasteiger partial charge in [0.25, 0.3) is 0 Å². The molecule has 134 valence electrons. The maximum atomic E-state index is 12.1. The smallest absolute Gasteiger partial charge is 0.185 e. The first-order valence-electron chi connectivity index (χ1n) is 8.97. The van der Waals surface area contributed by atoms with Crippen molar-refractivity contribution in [1.29, 1.82) is 0 Å². The van der Waals surface area contributed by atoms with Gasteiger partial charge in [0, 0.05) is 39.7 Å². The molecule has 6 aromatic rings. The molecule has 0 aliphatic rings. The zero-order valence-corrected chi connectivity index (χ0v) is 14.9. The van der Waals surface area contributed by atoms with Crippen molar-refractivity contribution < 1.29 is 4.42 Å². The van der Waals surface area contributed by atoms with E-state index in [0.29, 0.717) is 16.7 Å². The molecule has 0 saturated carbocycles. The van der Waals surface area contributed by atoms with E-state index in [2.05, 4.69) is 21.2 Å². The summed E-state index contributed by atoms with van der Waals surface area (Å²) in [6.07, 6.45) is 3.66. The molecule has 0 aliphatic carbocycles. The number of pyridine rings is 2. The standard InChI is InChI=1S/C22H14N4O2/c1-11-17(27)7-5-14-19-21(28-20(11)14)18(15-10-24-26-22(15)25-19)13-4-6-16-12(9-13)3-2-8-23-16/h2-10H,1H3,(H2,24,25,26). The van der Waals surface area contributed by atoms with Gasteiger partial charge >= 0.3 is 0 Å². The van der Waals surface area contributed by atoms with Gasteiger partial charge in [0.1, 0.15) is 11.1 Å². The lowest BCUT2D eigenvalue weighted by Crippen LogP contribution is -2.01. The Morgan fingerprint density at radius 2 is 1.96 bits per heavy atom. The lowest BCUT2D eigenvalue weighted by atomic mass is 10.00. The Hall–Kier alpha value is -3.93. The number of H-pyrrole nitrogens is 2. The fourth-order valence-electron chi connectivity index (χ4n) is 3.89. The molecule has 6 rings (SSSR count). The first-order valence-corrected chi connectivity index (χ1v) is 8.97. The Morgan fingerprint density at radius 3 is 2.89 bits per heavy atom. The molecule has 0 atom stereocenters. The molecule has 0 bridgehead atoms. The maximum absolute atomic E-state index is 12.1. The Bertz CT molecular complexity index is 1600. The Morgan fingerprint density at radius 1 is 1.04 bits per heavy atom. The number of furan rings is 1. The molecule has 0 aliphatic heterocycles. The summed E-state index contributed by atoms with van der Waals surface area (Å²) < 4.78 is 6.23. The molecule has 4 aromatic heterocycles. The third-order valence-electron chi connectivity index (χ3n) is 5.30. The number of nitrogens with one attached hydrogen (secondary N) is 2. The highest BCUT2D eigenvalue weighted by atomic mass is 16.3. The van der Waals surface area contributed by atoms with E-state index < -0.39 is 0 Å². The van der Waals surface area contributed by atoms with Crippen molar-refractivity contribution >= 4 is 44.0 Å². The Balaban J connectivity index is 1.81. The summed E-state index contributed by atoms with van der Waals surface area (Å²) in [6.45, 7) is 1.79. The number of nitrogens with zero attached hydrogens (tertiary/aromatic N) is 2. The van der Waals surface area contributed by atoms with Gasteiger partial charge in [0.05, 0.1) is 5.52 Å². The fraction of sp³-hybridized carbons (Fsp3) is 0.0455. The van der Waals surface area contributed by atoms with Crippen LogP contribution >= 0.6 is 0 Å². The van der Waals surface area contributed by atoms with Crippen LogP contribution in [0, 0.1) is 6.92 Å².